The van der Waals surface area contributed by atoms with Crippen molar-refractivity contribution in [3.05, 3.63) is 72.1 Å². The van der Waals surface area contributed by atoms with Crippen molar-refractivity contribution in [2.75, 3.05) is 5.32 Å². The van der Waals surface area contributed by atoms with Crippen molar-refractivity contribution < 1.29 is 9.18 Å². The van der Waals surface area contributed by atoms with Crippen LogP contribution in [0.4, 0.5) is 10.1 Å². The lowest BCUT2D eigenvalue weighted by Crippen LogP contribution is -2.08. The Kier molecular flexibility index (Phi) is 4.85. The van der Waals surface area contributed by atoms with E-state index in [0.717, 1.165) is 22.8 Å². The van der Waals surface area contributed by atoms with Crippen LogP contribution < -0.4 is 5.32 Å². The van der Waals surface area contributed by atoms with Gasteiger partial charge in [0.1, 0.15) is 11.9 Å². The largest absolute Gasteiger partial charge is 0.322 e. The third kappa shape index (κ3) is 3.82. The van der Waals surface area contributed by atoms with Crippen LogP contribution in [0, 0.1) is 17.1 Å². The molecule has 0 atom stereocenters. The molecule has 1 N–H and O–H groups in total. The zero-order valence-electron chi connectivity index (χ0n) is 13.8. The Morgan fingerprint density at radius 2 is 2.19 bits per heavy atom. The lowest BCUT2D eigenvalue weighted by molar-refractivity contribution is -0.111. The number of aryl methyl sites for hydroxylation is 1. The van der Waals surface area contributed by atoms with Crippen LogP contribution in [0.5, 0.6) is 0 Å². The van der Waals surface area contributed by atoms with E-state index < -0.39 is 11.7 Å². The number of halogens is 1. The molecule has 7 heteroatoms. The monoisotopic (exact) mass is 347 g/mol. The van der Waals surface area contributed by atoms with Gasteiger partial charge in [0, 0.05) is 48.5 Å². The highest BCUT2D eigenvalue weighted by Gasteiger charge is 2.07. The van der Waals surface area contributed by atoms with Gasteiger partial charge in [-0.3, -0.25) is 14.5 Å². The van der Waals surface area contributed by atoms with Crippen molar-refractivity contribution in [2.24, 2.45) is 7.05 Å². The van der Waals surface area contributed by atoms with Crippen molar-refractivity contribution in [3.63, 3.8) is 0 Å². The molecule has 2 heterocycles. The summed E-state index contributed by atoms with van der Waals surface area (Å²) in [7, 11) is 1.83. The zero-order valence-corrected chi connectivity index (χ0v) is 13.8. The Morgan fingerprint density at radius 3 is 2.92 bits per heavy atom. The number of aromatic nitrogens is 3. The molecule has 0 unspecified atom stereocenters. The molecule has 0 spiro atoms. The molecule has 3 rings (SSSR count). The first-order valence-electron chi connectivity index (χ1n) is 7.68. The van der Waals surface area contributed by atoms with Crippen LogP contribution in [0.15, 0.2) is 55.1 Å². The Labute approximate surface area is 149 Å². The average Bonchev–Trinajstić information content (AvgIpc) is 3.08. The number of rotatable bonds is 4. The summed E-state index contributed by atoms with van der Waals surface area (Å²) in [6.07, 6.45) is 9.91. The van der Waals surface area contributed by atoms with E-state index in [9.17, 15) is 9.18 Å². The third-order valence-corrected chi connectivity index (χ3v) is 3.64. The number of nitriles is 1. The van der Waals surface area contributed by atoms with Gasteiger partial charge in [0.15, 0.2) is 0 Å². The van der Waals surface area contributed by atoms with Gasteiger partial charge in [0.2, 0.25) is 5.91 Å². The number of benzene rings is 1. The van der Waals surface area contributed by atoms with Gasteiger partial charge in [-0.15, -0.1) is 0 Å². The van der Waals surface area contributed by atoms with Crippen LogP contribution in [0.2, 0.25) is 0 Å². The summed E-state index contributed by atoms with van der Waals surface area (Å²) in [5, 5.41) is 15.6. The Bertz CT molecular complexity index is 1030. The molecule has 0 fully saturated rings. The van der Waals surface area contributed by atoms with Crippen molar-refractivity contribution in [1.29, 1.82) is 5.26 Å². The Morgan fingerprint density at radius 1 is 1.35 bits per heavy atom. The Balaban J connectivity index is 1.78. The molecule has 26 heavy (non-hydrogen) atoms. The fourth-order valence-electron chi connectivity index (χ4n) is 2.40. The zero-order chi connectivity index (χ0) is 18.5. The summed E-state index contributed by atoms with van der Waals surface area (Å²) in [5.41, 5.74) is 2.78. The molecule has 0 saturated heterocycles. The summed E-state index contributed by atoms with van der Waals surface area (Å²) in [4.78, 5) is 16.2. The Hall–Kier alpha value is -3.79. The molecular weight excluding hydrogens is 333 g/mol. The molecular formula is C19H14FN5O. The first kappa shape index (κ1) is 17.0. The van der Waals surface area contributed by atoms with E-state index in [2.05, 4.69) is 15.4 Å². The van der Waals surface area contributed by atoms with E-state index in [1.165, 1.54) is 18.2 Å². The lowest BCUT2D eigenvalue weighted by atomic mass is 10.0. The van der Waals surface area contributed by atoms with E-state index in [4.69, 9.17) is 5.26 Å². The van der Waals surface area contributed by atoms with Crippen LogP contribution in [-0.4, -0.2) is 20.7 Å². The summed E-state index contributed by atoms with van der Waals surface area (Å²) < 4.78 is 15.0. The first-order valence-corrected chi connectivity index (χ1v) is 7.68. The van der Waals surface area contributed by atoms with Crippen LogP contribution >= 0.6 is 0 Å². The highest BCUT2D eigenvalue weighted by molar-refractivity contribution is 6.02. The van der Waals surface area contributed by atoms with E-state index in [1.54, 1.807) is 35.4 Å². The van der Waals surface area contributed by atoms with Gasteiger partial charge in [-0.05, 0) is 35.9 Å². The van der Waals surface area contributed by atoms with Gasteiger partial charge < -0.3 is 5.32 Å². The number of anilines is 1. The molecule has 2 aromatic heterocycles. The van der Waals surface area contributed by atoms with Crippen molar-refractivity contribution in [1.82, 2.24) is 14.8 Å². The fourth-order valence-corrected chi connectivity index (χ4v) is 2.40. The SMILES string of the molecule is Cn1cc(-c2ccncc2C=CC(=O)Nc2ccc(F)c(C#N)c2)cn1. The highest BCUT2D eigenvalue weighted by Crippen LogP contribution is 2.23. The molecule has 0 aliphatic carbocycles. The minimum atomic E-state index is -0.627. The van der Waals surface area contributed by atoms with Gasteiger partial charge in [0.05, 0.1) is 11.8 Å². The quantitative estimate of drug-likeness (QED) is 0.735. The second-order valence-corrected chi connectivity index (χ2v) is 5.49. The predicted octanol–water partition coefficient (Wildman–Crippen LogP) is 3.14. The molecule has 0 aliphatic rings. The van der Waals surface area contributed by atoms with Gasteiger partial charge in [-0.25, -0.2) is 4.39 Å². The van der Waals surface area contributed by atoms with Gasteiger partial charge in [-0.1, -0.05) is 0 Å². The molecule has 6 nitrogen and oxygen atoms in total. The molecule has 0 saturated carbocycles. The summed E-state index contributed by atoms with van der Waals surface area (Å²) >= 11 is 0. The topological polar surface area (TPSA) is 83.6 Å². The van der Waals surface area contributed by atoms with Crippen LogP contribution in [0.25, 0.3) is 17.2 Å². The smallest absolute Gasteiger partial charge is 0.248 e. The van der Waals surface area contributed by atoms with Gasteiger partial charge in [0.25, 0.3) is 0 Å². The average molecular weight is 347 g/mol. The van der Waals surface area contributed by atoms with Crippen molar-refractivity contribution >= 4 is 17.7 Å². The van der Waals surface area contributed by atoms with E-state index in [0.29, 0.717) is 5.69 Å². The van der Waals surface area contributed by atoms with Gasteiger partial charge >= 0.3 is 0 Å². The molecule has 0 radical (unpaired) electrons. The second-order valence-electron chi connectivity index (χ2n) is 5.49. The lowest BCUT2D eigenvalue weighted by Gasteiger charge is -2.04. The number of hydrogen-bond donors (Lipinski definition) is 1. The van der Waals surface area contributed by atoms with E-state index >= 15 is 0 Å². The number of hydrogen-bond acceptors (Lipinski definition) is 4. The van der Waals surface area contributed by atoms with Crippen LogP contribution in [-0.2, 0) is 11.8 Å². The normalized spacial score (nSPS) is 10.7. The van der Waals surface area contributed by atoms with Crippen LogP contribution in [0.1, 0.15) is 11.1 Å². The maximum absolute atomic E-state index is 13.3. The molecule has 0 aliphatic heterocycles. The predicted molar refractivity (Wildman–Crippen MR) is 95.2 cm³/mol. The number of nitrogens with zero attached hydrogens (tertiary/aromatic N) is 4. The standard InChI is InChI=1S/C19H14FN5O/c1-25-12-15(11-23-25)17-6-7-22-10-13(17)2-5-19(26)24-16-3-4-18(20)14(8-16)9-21/h2-8,10-12H,1H3,(H,24,26). The van der Waals surface area contributed by atoms with Crippen molar-refractivity contribution in [3.8, 4) is 17.2 Å². The number of pyridine rings is 1. The molecule has 1 aromatic carbocycles. The highest BCUT2D eigenvalue weighted by atomic mass is 19.1. The van der Waals surface area contributed by atoms with Crippen LogP contribution in [0.3, 0.4) is 0 Å². The summed E-state index contributed by atoms with van der Waals surface area (Å²) in [6.45, 7) is 0. The molecule has 1 amide bonds. The minimum absolute atomic E-state index is 0.127. The number of amides is 1. The van der Waals surface area contributed by atoms with E-state index in [1.807, 2.05) is 19.3 Å². The second kappa shape index (κ2) is 7.40. The number of carbonyl (C=O) groups is 1. The maximum atomic E-state index is 13.3. The minimum Gasteiger partial charge on any atom is -0.322 e. The summed E-state index contributed by atoms with van der Waals surface area (Å²) in [6, 6.07) is 7.39. The fraction of sp³-hybridized carbons (Fsp3) is 0.0526. The molecule has 3 aromatic rings. The van der Waals surface area contributed by atoms with Crippen molar-refractivity contribution in [2.45, 2.75) is 0 Å². The van der Waals surface area contributed by atoms with Gasteiger partial charge in [-0.2, -0.15) is 10.4 Å². The van der Waals surface area contributed by atoms with E-state index in [-0.39, 0.29) is 5.56 Å². The number of nitrogens with one attached hydrogen (secondary N) is 1. The number of carbonyl (C=O) groups excluding carboxylic acids is 1. The first-order chi connectivity index (χ1) is 12.6. The molecule has 0 bridgehead atoms. The molecule has 128 valence electrons. The summed E-state index contributed by atoms with van der Waals surface area (Å²) in [5.74, 6) is -1.03. The third-order valence-electron chi connectivity index (χ3n) is 3.64. The maximum Gasteiger partial charge on any atom is 0.248 e.